The van der Waals surface area contributed by atoms with Crippen molar-refractivity contribution in [3.63, 3.8) is 0 Å². The van der Waals surface area contributed by atoms with Gasteiger partial charge in [0.05, 0.1) is 20.5 Å². The van der Waals surface area contributed by atoms with Gasteiger partial charge in [0, 0.05) is 25.6 Å². The summed E-state index contributed by atoms with van der Waals surface area (Å²) < 4.78 is 35.7. The molecule has 0 saturated heterocycles. The van der Waals surface area contributed by atoms with Crippen molar-refractivity contribution in [2.75, 3.05) is 33.6 Å². The predicted molar refractivity (Wildman–Crippen MR) is 95.4 cm³/mol. The Morgan fingerprint density at radius 3 is 2.44 bits per heavy atom. The number of methoxy groups -OCH3 is 2. The van der Waals surface area contributed by atoms with Gasteiger partial charge in [0.1, 0.15) is 0 Å². The van der Waals surface area contributed by atoms with Gasteiger partial charge in [0.2, 0.25) is 15.9 Å². The Balaban J connectivity index is 1.94. The van der Waals surface area contributed by atoms with Crippen molar-refractivity contribution in [2.24, 2.45) is 0 Å². The lowest BCUT2D eigenvalue weighted by Crippen LogP contribution is -2.36. The summed E-state index contributed by atoms with van der Waals surface area (Å²) in [5.74, 6) is 1.14. The molecule has 25 heavy (non-hydrogen) atoms. The van der Waals surface area contributed by atoms with Crippen molar-refractivity contribution >= 4 is 15.9 Å². The monoisotopic (exact) mass is 370 g/mol. The van der Waals surface area contributed by atoms with Crippen LogP contribution in [0.5, 0.6) is 11.5 Å². The average Bonchev–Trinajstić information content (AvgIpc) is 3.37. The highest BCUT2D eigenvalue weighted by Crippen LogP contribution is 2.27. The SMILES string of the molecule is COc1ccc(CCN(CCC(=O)NC2CC2)S(C)(=O)=O)cc1OC. The zero-order chi connectivity index (χ0) is 18.4. The molecule has 1 aliphatic carbocycles. The largest absolute Gasteiger partial charge is 0.493 e. The van der Waals surface area contributed by atoms with Crippen LogP contribution in [0.3, 0.4) is 0 Å². The lowest BCUT2D eigenvalue weighted by molar-refractivity contribution is -0.121. The molecule has 7 nitrogen and oxygen atoms in total. The third kappa shape index (κ3) is 6.21. The summed E-state index contributed by atoms with van der Waals surface area (Å²) >= 11 is 0. The first-order valence-electron chi connectivity index (χ1n) is 8.29. The number of nitrogens with one attached hydrogen (secondary N) is 1. The topological polar surface area (TPSA) is 84.9 Å². The molecule has 1 N–H and O–H groups in total. The second-order valence-electron chi connectivity index (χ2n) is 6.19. The Morgan fingerprint density at radius 2 is 1.88 bits per heavy atom. The summed E-state index contributed by atoms with van der Waals surface area (Å²) in [5, 5.41) is 2.87. The number of carbonyl (C=O) groups is 1. The Morgan fingerprint density at radius 1 is 1.20 bits per heavy atom. The van der Waals surface area contributed by atoms with Crippen LogP contribution in [0.1, 0.15) is 24.8 Å². The third-order valence-corrected chi connectivity index (χ3v) is 5.40. The van der Waals surface area contributed by atoms with E-state index in [1.807, 2.05) is 12.1 Å². The number of rotatable bonds is 10. The smallest absolute Gasteiger partial charge is 0.221 e. The first kappa shape index (κ1) is 19.5. The summed E-state index contributed by atoms with van der Waals surface area (Å²) in [6.45, 7) is 0.496. The van der Waals surface area contributed by atoms with Crippen molar-refractivity contribution in [1.82, 2.24) is 9.62 Å². The van der Waals surface area contributed by atoms with E-state index in [1.54, 1.807) is 20.3 Å². The highest BCUT2D eigenvalue weighted by molar-refractivity contribution is 7.88. The van der Waals surface area contributed by atoms with Crippen LogP contribution in [0.25, 0.3) is 0 Å². The number of sulfonamides is 1. The Hall–Kier alpha value is -1.80. The van der Waals surface area contributed by atoms with Gasteiger partial charge >= 0.3 is 0 Å². The molecule has 0 bridgehead atoms. The quantitative estimate of drug-likeness (QED) is 0.668. The molecule has 0 radical (unpaired) electrons. The molecule has 1 aromatic carbocycles. The van der Waals surface area contributed by atoms with E-state index in [0.717, 1.165) is 18.4 Å². The molecule has 1 saturated carbocycles. The van der Waals surface area contributed by atoms with E-state index >= 15 is 0 Å². The fraction of sp³-hybridized carbons (Fsp3) is 0.588. The number of nitrogens with zero attached hydrogens (tertiary/aromatic N) is 1. The summed E-state index contributed by atoms with van der Waals surface area (Å²) in [4.78, 5) is 11.8. The van der Waals surface area contributed by atoms with Gasteiger partial charge in [0.25, 0.3) is 0 Å². The van der Waals surface area contributed by atoms with E-state index in [9.17, 15) is 13.2 Å². The van der Waals surface area contributed by atoms with Gasteiger partial charge in [-0.2, -0.15) is 0 Å². The standard InChI is InChI=1S/C17H26N2O5S/c1-23-15-7-4-13(12-16(15)24-2)8-10-19(25(3,21)22)11-9-17(20)18-14-5-6-14/h4,7,12,14H,5-6,8-11H2,1-3H3,(H,18,20). The van der Waals surface area contributed by atoms with E-state index in [1.165, 1.54) is 10.6 Å². The van der Waals surface area contributed by atoms with Crippen LogP contribution < -0.4 is 14.8 Å². The molecule has 1 aliphatic rings. The van der Waals surface area contributed by atoms with Gasteiger partial charge in [-0.25, -0.2) is 12.7 Å². The van der Waals surface area contributed by atoms with Crippen LogP contribution in [-0.4, -0.2) is 58.2 Å². The number of benzene rings is 1. The molecule has 0 unspecified atom stereocenters. The zero-order valence-corrected chi connectivity index (χ0v) is 15.8. The fourth-order valence-electron chi connectivity index (χ4n) is 2.49. The van der Waals surface area contributed by atoms with Crippen LogP contribution in [0.4, 0.5) is 0 Å². The molecule has 8 heteroatoms. The number of carbonyl (C=O) groups excluding carboxylic acids is 1. The van der Waals surface area contributed by atoms with Crippen molar-refractivity contribution < 1.29 is 22.7 Å². The maximum absolute atomic E-state index is 12.0. The summed E-state index contributed by atoms with van der Waals surface area (Å²) in [6, 6.07) is 5.79. The molecule has 1 aromatic rings. The molecule has 140 valence electrons. The molecule has 0 spiro atoms. The lowest BCUT2D eigenvalue weighted by atomic mass is 10.1. The number of ether oxygens (including phenoxy) is 2. The number of amides is 1. The van der Waals surface area contributed by atoms with E-state index < -0.39 is 10.0 Å². The average molecular weight is 370 g/mol. The normalized spacial score (nSPS) is 14.4. The highest BCUT2D eigenvalue weighted by atomic mass is 32.2. The van der Waals surface area contributed by atoms with Gasteiger partial charge in [-0.15, -0.1) is 0 Å². The minimum atomic E-state index is -3.37. The first-order valence-corrected chi connectivity index (χ1v) is 10.1. The van der Waals surface area contributed by atoms with E-state index in [0.29, 0.717) is 24.5 Å². The Kier molecular flexibility index (Phi) is 6.66. The van der Waals surface area contributed by atoms with Crippen molar-refractivity contribution in [3.05, 3.63) is 23.8 Å². The predicted octanol–water partition coefficient (Wildman–Crippen LogP) is 1.18. The number of hydrogen-bond donors (Lipinski definition) is 1. The maximum atomic E-state index is 12.0. The van der Waals surface area contributed by atoms with Gasteiger partial charge in [0.15, 0.2) is 11.5 Å². The molecule has 1 fully saturated rings. The Labute approximate surface area is 149 Å². The first-order chi connectivity index (χ1) is 11.8. The molecule has 0 heterocycles. The molecule has 0 aliphatic heterocycles. The third-order valence-electron chi connectivity index (χ3n) is 4.10. The molecular weight excluding hydrogens is 344 g/mol. The van der Waals surface area contributed by atoms with Gasteiger partial charge < -0.3 is 14.8 Å². The minimum Gasteiger partial charge on any atom is -0.493 e. The summed E-state index contributed by atoms with van der Waals surface area (Å²) in [6.07, 6.45) is 3.90. The van der Waals surface area contributed by atoms with Crippen LogP contribution in [-0.2, 0) is 21.2 Å². The van der Waals surface area contributed by atoms with Gasteiger partial charge in [-0.05, 0) is 37.0 Å². The fourth-order valence-corrected chi connectivity index (χ4v) is 3.33. The van der Waals surface area contributed by atoms with E-state index in [2.05, 4.69) is 5.32 Å². The highest BCUT2D eigenvalue weighted by Gasteiger charge is 2.24. The van der Waals surface area contributed by atoms with E-state index in [4.69, 9.17) is 9.47 Å². The molecule has 1 amide bonds. The molecular formula is C17H26N2O5S. The maximum Gasteiger partial charge on any atom is 0.221 e. The van der Waals surface area contributed by atoms with Crippen LogP contribution in [0.15, 0.2) is 18.2 Å². The second-order valence-corrected chi connectivity index (χ2v) is 8.18. The minimum absolute atomic E-state index is 0.0951. The second kappa shape index (κ2) is 8.53. The van der Waals surface area contributed by atoms with Crippen molar-refractivity contribution in [2.45, 2.75) is 31.7 Å². The lowest BCUT2D eigenvalue weighted by Gasteiger charge is -2.20. The van der Waals surface area contributed by atoms with Crippen molar-refractivity contribution in [1.29, 1.82) is 0 Å². The van der Waals surface area contributed by atoms with Crippen LogP contribution in [0, 0.1) is 0 Å². The molecule has 2 rings (SSSR count). The molecule has 0 atom stereocenters. The van der Waals surface area contributed by atoms with Crippen LogP contribution in [0.2, 0.25) is 0 Å². The van der Waals surface area contributed by atoms with E-state index in [-0.39, 0.29) is 24.9 Å². The summed E-state index contributed by atoms with van der Waals surface area (Å²) in [7, 11) is -0.251. The zero-order valence-electron chi connectivity index (χ0n) is 14.9. The Bertz CT molecular complexity index is 701. The molecule has 0 aromatic heterocycles. The van der Waals surface area contributed by atoms with Crippen molar-refractivity contribution in [3.8, 4) is 11.5 Å². The van der Waals surface area contributed by atoms with Crippen LogP contribution >= 0.6 is 0 Å². The summed E-state index contributed by atoms with van der Waals surface area (Å²) in [5.41, 5.74) is 0.939. The number of hydrogen-bond acceptors (Lipinski definition) is 5. The van der Waals surface area contributed by atoms with Gasteiger partial charge in [-0.3, -0.25) is 4.79 Å². The van der Waals surface area contributed by atoms with Gasteiger partial charge in [-0.1, -0.05) is 6.07 Å².